The molecule has 0 unspecified atom stereocenters. The lowest BCUT2D eigenvalue weighted by Gasteiger charge is -2.00. The molecule has 0 aromatic carbocycles. The Morgan fingerprint density at radius 3 is 2.40 bits per heavy atom. The van der Waals surface area contributed by atoms with E-state index in [4.69, 9.17) is 0 Å². The van der Waals surface area contributed by atoms with Crippen molar-refractivity contribution in [3.63, 3.8) is 0 Å². The average molecular weight is 204 g/mol. The highest BCUT2D eigenvalue weighted by Gasteiger charge is 1.99. The van der Waals surface area contributed by atoms with Crippen molar-refractivity contribution in [1.82, 2.24) is 0 Å². The van der Waals surface area contributed by atoms with E-state index in [1.54, 1.807) is 24.3 Å². The summed E-state index contributed by atoms with van der Waals surface area (Å²) in [7, 11) is 0. The quantitative estimate of drug-likeness (QED) is 0.455. The molecule has 0 heterocycles. The standard InChI is InChI=1S/C14H20O/c1-5-7-13(6-2)9-11-14(15)10-8-12(3)4/h5-7,9,11-12H,1-2,8,10H2,3-4H3/b11-9+,13-7+. The van der Waals surface area contributed by atoms with Crippen LogP contribution in [0.2, 0.25) is 0 Å². The Balaban J connectivity index is 4.14. The number of hydrogen-bond donors (Lipinski definition) is 0. The third-order valence-corrected chi connectivity index (χ3v) is 1.98. The summed E-state index contributed by atoms with van der Waals surface area (Å²) in [5, 5.41) is 0. The first-order valence-electron chi connectivity index (χ1n) is 5.26. The van der Waals surface area contributed by atoms with Crippen LogP contribution in [-0.2, 0) is 4.79 Å². The van der Waals surface area contributed by atoms with Gasteiger partial charge >= 0.3 is 0 Å². The van der Waals surface area contributed by atoms with E-state index in [0.717, 1.165) is 12.0 Å². The maximum absolute atomic E-state index is 11.4. The van der Waals surface area contributed by atoms with Crippen LogP contribution in [-0.4, -0.2) is 5.78 Å². The van der Waals surface area contributed by atoms with Crippen molar-refractivity contribution in [1.29, 1.82) is 0 Å². The molecule has 0 rings (SSSR count). The van der Waals surface area contributed by atoms with Gasteiger partial charge in [-0.15, -0.1) is 0 Å². The SMILES string of the molecule is C=C/C=C(C=C)/C=C/C(=O)CCC(C)C. The van der Waals surface area contributed by atoms with E-state index in [1.807, 2.05) is 6.08 Å². The summed E-state index contributed by atoms with van der Waals surface area (Å²) in [5.74, 6) is 0.741. The lowest BCUT2D eigenvalue weighted by molar-refractivity contribution is -0.114. The van der Waals surface area contributed by atoms with Crippen molar-refractivity contribution >= 4 is 5.78 Å². The first-order chi connectivity index (χ1) is 7.10. The molecule has 0 aliphatic carbocycles. The Morgan fingerprint density at radius 2 is 1.93 bits per heavy atom. The van der Waals surface area contributed by atoms with Crippen LogP contribution >= 0.6 is 0 Å². The van der Waals surface area contributed by atoms with Gasteiger partial charge in [0.1, 0.15) is 0 Å². The van der Waals surface area contributed by atoms with Gasteiger partial charge in [0.2, 0.25) is 0 Å². The molecule has 0 spiro atoms. The molecule has 0 aromatic heterocycles. The van der Waals surface area contributed by atoms with Gasteiger partial charge in [0, 0.05) is 6.42 Å². The Hall–Kier alpha value is -1.37. The van der Waals surface area contributed by atoms with Crippen molar-refractivity contribution in [2.45, 2.75) is 26.7 Å². The van der Waals surface area contributed by atoms with Gasteiger partial charge in [-0.3, -0.25) is 4.79 Å². The number of rotatable bonds is 7. The van der Waals surface area contributed by atoms with Gasteiger partial charge < -0.3 is 0 Å². The highest BCUT2D eigenvalue weighted by molar-refractivity contribution is 5.90. The monoisotopic (exact) mass is 204 g/mol. The van der Waals surface area contributed by atoms with Gasteiger partial charge in [-0.2, -0.15) is 0 Å². The fourth-order valence-corrected chi connectivity index (χ4v) is 1.03. The minimum atomic E-state index is 0.167. The summed E-state index contributed by atoms with van der Waals surface area (Å²) >= 11 is 0. The normalized spacial score (nSPS) is 12.1. The summed E-state index contributed by atoms with van der Waals surface area (Å²) in [6.07, 6.45) is 10.1. The van der Waals surface area contributed by atoms with Gasteiger partial charge in [0.05, 0.1) is 0 Å². The Labute approximate surface area is 92.9 Å². The van der Waals surface area contributed by atoms with Gasteiger partial charge in [-0.1, -0.05) is 51.3 Å². The fourth-order valence-electron chi connectivity index (χ4n) is 1.03. The lowest BCUT2D eigenvalue weighted by atomic mass is 10.1. The molecule has 82 valence electrons. The second kappa shape index (κ2) is 7.98. The molecule has 0 amide bonds. The molecule has 0 aliphatic heterocycles. The first kappa shape index (κ1) is 13.6. The molecule has 0 bridgehead atoms. The molecule has 0 fully saturated rings. The summed E-state index contributed by atoms with van der Waals surface area (Å²) < 4.78 is 0. The lowest BCUT2D eigenvalue weighted by Crippen LogP contribution is -1.96. The van der Waals surface area contributed by atoms with E-state index in [2.05, 4.69) is 27.0 Å². The Bertz CT molecular complexity index is 280. The van der Waals surface area contributed by atoms with E-state index < -0.39 is 0 Å². The highest BCUT2D eigenvalue weighted by Crippen LogP contribution is 2.05. The number of hydrogen-bond acceptors (Lipinski definition) is 1. The van der Waals surface area contributed by atoms with Crippen molar-refractivity contribution in [2.75, 3.05) is 0 Å². The molecule has 0 atom stereocenters. The van der Waals surface area contributed by atoms with Gasteiger partial charge in [0.15, 0.2) is 5.78 Å². The Morgan fingerprint density at radius 1 is 1.27 bits per heavy atom. The van der Waals surface area contributed by atoms with Crippen molar-refractivity contribution in [3.8, 4) is 0 Å². The zero-order valence-electron chi connectivity index (χ0n) is 9.70. The second-order valence-electron chi connectivity index (χ2n) is 3.84. The zero-order chi connectivity index (χ0) is 11.7. The number of allylic oxidation sites excluding steroid dienone is 6. The molecule has 1 heteroatoms. The molecule has 0 saturated carbocycles. The van der Waals surface area contributed by atoms with Crippen LogP contribution in [0.1, 0.15) is 26.7 Å². The van der Waals surface area contributed by atoms with E-state index in [-0.39, 0.29) is 5.78 Å². The minimum absolute atomic E-state index is 0.167. The van der Waals surface area contributed by atoms with Crippen LogP contribution in [0.5, 0.6) is 0 Å². The third kappa shape index (κ3) is 7.68. The van der Waals surface area contributed by atoms with Gasteiger partial charge in [-0.05, 0) is 24.0 Å². The van der Waals surface area contributed by atoms with Gasteiger partial charge in [0.25, 0.3) is 0 Å². The maximum atomic E-state index is 11.4. The summed E-state index contributed by atoms with van der Waals surface area (Å²) in [4.78, 5) is 11.4. The molecule has 0 N–H and O–H groups in total. The first-order valence-corrected chi connectivity index (χ1v) is 5.26. The highest BCUT2D eigenvalue weighted by atomic mass is 16.1. The third-order valence-electron chi connectivity index (χ3n) is 1.98. The van der Waals surface area contributed by atoms with E-state index in [1.165, 1.54) is 0 Å². The zero-order valence-corrected chi connectivity index (χ0v) is 9.70. The van der Waals surface area contributed by atoms with Crippen LogP contribution in [0.4, 0.5) is 0 Å². The van der Waals surface area contributed by atoms with Gasteiger partial charge in [-0.25, -0.2) is 0 Å². The van der Waals surface area contributed by atoms with Crippen LogP contribution in [0.3, 0.4) is 0 Å². The average Bonchev–Trinajstić information content (AvgIpc) is 2.21. The van der Waals surface area contributed by atoms with E-state index >= 15 is 0 Å². The Kier molecular flexibility index (Phi) is 7.25. The van der Waals surface area contributed by atoms with Crippen molar-refractivity contribution < 1.29 is 4.79 Å². The molecule has 0 radical (unpaired) electrons. The van der Waals surface area contributed by atoms with Crippen LogP contribution in [0.25, 0.3) is 0 Å². The van der Waals surface area contributed by atoms with Crippen LogP contribution < -0.4 is 0 Å². The van der Waals surface area contributed by atoms with Crippen LogP contribution in [0.15, 0.2) is 49.1 Å². The van der Waals surface area contributed by atoms with E-state index in [9.17, 15) is 4.79 Å². The number of carbonyl (C=O) groups excluding carboxylic acids is 1. The fraction of sp³-hybridized carbons (Fsp3) is 0.357. The smallest absolute Gasteiger partial charge is 0.155 e. The predicted octanol–water partition coefficient (Wildman–Crippen LogP) is 3.85. The summed E-state index contributed by atoms with van der Waals surface area (Å²) in [6.45, 7) is 11.5. The second-order valence-corrected chi connectivity index (χ2v) is 3.84. The minimum Gasteiger partial charge on any atom is -0.295 e. The predicted molar refractivity (Wildman–Crippen MR) is 66.7 cm³/mol. The molecular formula is C14H20O. The molecule has 0 aromatic rings. The van der Waals surface area contributed by atoms with E-state index in [0.29, 0.717) is 12.3 Å². The maximum Gasteiger partial charge on any atom is 0.155 e. The topological polar surface area (TPSA) is 17.1 Å². The molecule has 15 heavy (non-hydrogen) atoms. The number of ketones is 1. The van der Waals surface area contributed by atoms with Crippen LogP contribution in [0, 0.1) is 5.92 Å². The molecule has 1 nitrogen and oxygen atoms in total. The number of carbonyl (C=O) groups is 1. The van der Waals surface area contributed by atoms with Crippen molar-refractivity contribution in [3.05, 3.63) is 49.1 Å². The molecule has 0 saturated heterocycles. The molecular weight excluding hydrogens is 184 g/mol. The van der Waals surface area contributed by atoms with Crippen molar-refractivity contribution in [2.24, 2.45) is 5.92 Å². The summed E-state index contributed by atoms with van der Waals surface area (Å²) in [6, 6.07) is 0. The summed E-state index contributed by atoms with van der Waals surface area (Å²) in [5.41, 5.74) is 0.905. The largest absolute Gasteiger partial charge is 0.295 e. The molecule has 0 aliphatic rings.